The molecule has 1 aromatic carbocycles. The molecule has 1 aliphatic rings. The second-order valence-corrected chi connectivity index (χ2v) is 4.20. The topological polar surface area (TPSA) is 69.6 Å². The van der Waals surface area contributed by atoms with Crippen LogP contribution in [0.15, 0.2) is 24.3 Å². The molecule has 86 valence electrons. The average molecular weight is 221 g/mol. The monoisotopic (exact) mass is 221 g/mol. The second-order valence-electron chi connectivity index (χ2n) is 4.20. The van der Waals surface area contributed by atoms with Crippen molar-refractivity contribution < 1.29 is 15.0 Å². The zero-order valence-electron chi connectivity index (χ0n) is 8.89. The molecule has 0 saturated carbocycles. The number of hydrogen-bond acceptors (Lipinski definition) is 3. The van der Waals surface area contributed by atoms with E-state index in [1.54, 1.807) is 12.1 Å². The standard InChI is InChI=1S/C12H15NO3/c14-10-4-1-8(2-5-10)7-9-3-6-11(13-9)12(15)16/h1-2,4-5,9,11,13-14H,3,6-7H2,(H,15,16)/t9-,11-/m1/s1. The Balaban J connectivity index is 1.92. The third-order valence-corrected chi connectivity index (χ3v) is 2.96. The van der Waals surface area contributed by atoms with E-state index in [-0.39, 0.29) is 11.8 Å². The van der Waals surface area contributed by atoms with Gasteiger partial charge in [-0.3, -0.25) is 4.79 Å². The van der Waals surface area contributed by atoms with Gasteiger partial charge in [0.2, 0.25) is 0 Å². The Hall–Kier alpha value is -1.55. The molecule has 3 N–H and O–H groups in total. The molecule has 16 heavy (non-hydrogen) atoms. The maximum absolute atomic E-state index is 10.7. The van der Waals surface area contributed by atoms with Crippen LogP contribution in [0.3, 0.4) is 0 Å². The number of hydrogen-bond donors (Lipinski definition) is 3. The Kier molecular flexibility index (Phi) is 3.10. The fraction of sp³-hybridized carbons (Fsp3) is 0.417. The first-order chi connectivity index (χ1) is 7.65. The minimum Gasteiger partial charge on any atom is -0.508 e. The Morgan fingerprint density at radius 3 is 2.56 bits per heavy atom. The molecular formula is C12H15NO3. The van der Waals surface area contributed by atoms with Crippen LogP contribution in [0.4, 0.5) is 0 Å². The SMILES string of the molecule is O=C(O)[C@H]1CC[C@H](Cc2ccc(O)cc2)N1. The third kappa shape index (κ3) is 2.52. The summed E-state index contributed by atoms with van der Waals surface area (Å²) in [4.78, 5) is 10.7. The van der Waals surface area contributed by atoms with Gasteiger partial charge in [-0.1, -0.05) is 12.1 Å². The first-order valence-corrected chi connectivity index (χ1v) is 5.42. The van der Waals surface area contributed by atoms with Crippen LogP contribution in [0.25, 0.3) is 0 Å². The second kappa shape index (κ2) is 4.53. The quantitative estimate of drug-likeness (QED) is 0.716. The molecule has 1 saturated heterocycles. The van der Waals surface area contributed by atoms with E-state index in [0.29, 0.717) is 6.42 Å². The van der Waals surface area contributed by atoms with E-state index >= 15 is 0 Å². The van der Waals surface area contributed by atoms with Crippen molar-refractivity contribution in [1.29, 1.82) is 0 Å². The van der Waals surface area contributed by atoms with E-state index in [0.717, 1.165) is 18.4 Å². The minimum atomic E-state index is -0.770. The highest BCUT2D eigenvalue weighted by molar-refractivity contribution is 5.73. The van der Waals surface area contributed by atoms with Crippen LogP contribution in [-0.2, 0) is 11.2 Å². The highest BCUT2D eigenvalue weighted by atomic mass is 16.4. The van der Waals surface area contributed by atoms with Crippen molar-refractivity contribution in [2.24, 2.45) is 0 Å². The summed E-state index contributed by atoms with van der Waals surface area (Å²) in [7, 11) is 0. The molecule has 0 aliphatic carbocycles. The van der Waals surface area contributed by atoms with E-state index in [2.05, 4.69) is 5.32 Å². The summed E-state index contributed by atoms with van der Waals surface area (Å²) in [5, 5.41) is 21.1. The van der Waals surface area contributed by atoms with Crippen molar-refractivity contribution in [2.75, 3.05) is 0 Å². The molecule has 4 heteroatoms. The number of phenols is 1. The van der Waals surface area contributed by atoms with Gasteiger partial charge in [0.25, 0.3) is 0 Å². The van der Waals surface area contributed by atoms with Crippen LogP contribution >= 0.6 is 0 Å². The van der Waals surface area contributed by atoms with Crippen LogP contribution in [0.2, 0.25) is 0 Å². The lowest BCUT2D eigenvalue weighted by Gasteiger charge is -2.11. The van der Waals surface area contributed by atoms with Gasteiger partial charge < -0.3 is 15.5 Å². The van der Waals surface area contributed by atoms with E-state index in [9.17, 15) is 4.79 Å². The van der Waals surface area contributed by atoms with Crippen molar-refractivity contribution in [3.8, 4) is 5.75 Å². The summed E-state index contributed by atoms with van der Waals surface area (Å²) in [5.74, 6) is -0.514. The molecule has 0 bridgehead atoms. The molecule has 0 amide bonds. The largest absolute Gasteiger partial charge is 0.508 e. The van der Waals surface area contributed by atoms with Crippen molar-refractivity contribution in [2.45, 2.75) is 31.3 Å². The summed E-state index contributed by atoms with van der Waals surface area (Å²) >= 11 is 0. The van der Waals surface area contributed by atoms with Crippen molar-refractivity contribution in [3.63, 3.8) is 0 Å². The number of nitrogens with one attached hydrogen (secondary N) is 1. The Bertz CT molecular complexity index is 374. The van der Waals surface area contributed by atoms with Crippen LogP contribution in [0.1, 0.15) is 18.4 Å². The molecule has 0 unspecified atom stereocenters. The number of carboxylic acids is 1. The molecule has 1 aliphatic heterocycles. The minimum absolute atomic E-state index is 0.227. The number of rotatable bonds is 3. The number of phenolic OH excluding ortho intramolecular Hbond substituents is 1. The molecule has 1 heterocycles. The Morgan fingerprint density at radius 1 is 1.31 bits per heavy atom. The Labute approximate surface area is 93.9 Å². The van der Waals surface area contributed by atoms with E-state index in [4.69, 9.17) is 10.2 Å². The number of benzene rings is 1. The average Bonchev–Trinajstić information content (AvgIpc) is 2.70. The molecular weight excluding hydrogens is 206 g/mol. The fourth-order valence-electron chi connectivity index (χ4n) is 2.09. The van der Waals surface area contributed by atoms with Crippen LogP contribution in [0, 0.1) is 0 Å². The van der Waals surface area contributed by atoms with Crippen molar-refractivity contribution >= 4 is 5.97 Å². The highest BCUT2D eigenvalue weighted by Crippen LogP contribution is 2.18. The molecule has 4 nitrogen and oxygen atoms in total. The molecule has 2 rings (SSSR count). The Morgan fingerprint density at radius 2 is 2.00 bits per heavy atom. The van der Waals surface area contributed by atoms with Gasteiger partial charge in [-0.2, -0.15) is 0 Å². The van der Waals surface area contributed by atoms with Crippen molar-refractivity contribution in [3.05, 3.63) is 29.8 Å². The first kappa shape index (κ1) is 11.0. The maximum Gasteiger partial charge on any atom is 0.320 e. The van der Waals surface area contributed by atoms with Gasteiger partial charge in [-0.25, -0.2) is 0 Å². The molecule has 1 aromatic rings. The van der Waals surface area contributed by atoms with Crippen molar-refractivity contribution in [1.82, 2.24) is 5.32 Å². The van der Waals surface area contributed by atoms with Gasteiger partial charge in [0.1, 0.15) is 11.8 Å². The van der Waals surface area contributed by atoms with Crippen LogP contribution < -0.4 is 5.32 Å². The number of carboxylic acid groups (broad SMARTS) is 1. The summed E-state index contributed by atoms with van der Waals surface area (Å²) in [6.07, 6.45) is 2.39. The van der Waals surface area contributed by atoms with Gasteiger partial charge in [-0.15, -0.1) is 0 Å². The maximum atomic E-state index is 10.7. The van der Waals surface area contributed by atoms with E-state index in [1.807, 2.05) is 12.1 Å². The highest BCUT2D eigenvalue weighted by Gasteiger charge is 2.28. The van der Waals surface area contributed by atoms with Gasteiger partial charge in [-0.05, 0) is 37.0 Å². The zero-order valence-corrected chi connectivity index (χ0v) is 8.89. The zero-order chi connectivity index (χ0) is 11.5. The fourth-order valence-corrected chi connectivity index (χ4v) is 2.09. The summed E-state index contributed by atoms with van der Waals surface area (Å²) < 4.78 is 0. The number of carbonyl (C=O) groups is 1. The van der Waals surface area contributed by atoms with Gasteiger partial charge >= 0.3 is 5.97 Å². The first-order valence-electron chi connectivity index (χ1n) is 5.42. The number of aromatic hydroxyl groups is 1. The van der Waals surface area contributed by atoms with Crippen LogP contribution in [0.5, 0.6) is 5.75 Å². The molecule has 1 fully saturated rings. The summed E-state index contributed by atoms with van der Waals surface area (Å²) in [6.45, 7) is 0. The predicted molar refractivity (Wildman–Crippen MR) is 59.4 cm³/mol. The third-order valence-electron chi connectivity index (χ3n) is 2.96. The van der Waals surface area contributed by atoms with Crippen LogP contribution in [-0.4, -0.2) is 28.3 Å². The molecule has 0 aromatic heterocycles. The lowest BCUT2D eigenvalue weighted by atomic mass is 10.0. The lowest BCUT2D eigenvalue weighted by Crippen LogP contribution is -2.36. The van der Waals surface area contributed by atoms with Gasteiger partial charge in [0.15, 0.2) is 0 Å². The summed E-state index contributed by atoms with van der Waals surface area (Å²) in [5.41, 5.74) is 1.11. The van der Waals surface area contributed by atoms with Gasteiger partial charge in [0, 0.05) is 6.04 Å². The smallest absolute Gasteiger partial charge is 0.320 e. The lowest BCUT2D eigenvalue weighted by molar-refractivity contribution is -0.139. The normalized spacial score (nSPS) is 24.5. The number of aliphatic carboxylic acids is 1. The predicted octanol–water partition coefficient (Wildman–Crippen LogP) is 1.14. The van der Waals surface area contributed by atoms with E-state index < -0.39 is 12.0 Å². The molecule has 0 spiro atoms. The summed E-state index contributed by atoms with van der Waals surface area (Å²) in [6, 6.07) is 6.86. The van der Waals surface area contributed by atoms with Gasteiger partial charge in [0.05, 0.1) is 0 Å². The van der Waals surface area contributed by atoms with E-state index in [1.165, 1.54) is 0 Å². The molecule has 0 radical (unpaired) electrons. The molecule has 2 atom stereocenters.